The van der Waals surface area contributed by atoms with Crippen LogP contribution in [0.15, 0.2) is 24.3 Å². The van der Waals surface area contributed by atoms with Crippen LogP contribution < -0.4 is 10.1 Å². The number of nitriles is 1. The molecule has 0 heterocycles. The van der Waals surface area contributed by atoms with Gasteiger partial charge in [0.1, 0.15) is 17.4 Å². The minimum Gasteiger partial charge on any atom is -0.490 e. The fourth-order valence-corrected chi connectivity index (χ4v) is 2.85. The summed E-state index contributed by atoms with van der Waals surface area (Å²) in [6, 6.07) is 10.2. The molecular weight excluding hydrogens is 252 g/mol. The van der Waals surface area contributed by atoms with Crippen LogP contribution >= 0.6 is 0 Å². The number of nitrogens with one attached hydrogen (secondary N) is 1. The molecule has 1 aliphatic rings. The molecule has 0 amide bonds. The Morgan fingerprint density at radius 3 is 2.90 bits per heavy atom. The molecule has 0 aliphatic heterocycles. The standard InChI is InChI=1S/C16H22N2O2/c1-12(2)18-16(11-17)8-7-14(9-16)20-15-6-4-3-5-13(15)10-19/h3-6,12,14,18-19H,7-10H2,1-2H3. The molecule has 20 heavy (non-hydrogen) atoms. The van der Waals surface area contributed by atoms with Crippen LogP contribution in [-0.4, -0.2) is 22.8 Å². The van der Waals surface area contributed by atoms with Crippen LogP contribution in [0.3, 0.4) is 0 Å². The molecule has 4 nitrogen and oxygen atoms in total. The quantitative estimate of drug-likeness (QED) is 0.865. The van der Waals surface area contributed by atoms with Gasteiger partial charge in [-0.25, -0.2) is 0 Å². The summed E-state index contributed by atoms with van der Waals surface area (Å²) in [6.07, 6.45) is 2.36. The van der Waals surface area contributed by atoms with Gasteiger partial charge in [-0.05, 0) is 32.8 Å². The maximum Gasteiger partial charge on any atom is 0.125 e. The number of rotatable bonds is 5. The Kier molecular flexibility index (Phi) is 4.64. The van der Waals surface area contributed by atoms with Crippen molar-refractivity contribution in [2.45, 2.75) is 57.4 Å². The first-order chi connectivity index (χ1) is 9.58. The molecule has 0 aromatic heterocycles. The van der Waals surface area contributed by atoms with E-state index >= 15 is 0 Å². The molecular formula is C16H22N2O2. The molecule has 4 heteroatoms. The van der Waals surface area contributed by atoms with Crippen molar-refractivity contribution in [1.29, 1.82) is 5.26 Å². The van der Waals surface area contributed by atoms with Gasteiger partial charge in [0.05, 0.1) is 12.7 Å². The van der Waals surface area contributed by atoms with E-state index in [9.17, 15) is 10.4 Å². The smallest absolute Gasteiger partial charge is 0.125 e. The Labute approximate surface area is 120 Å². The van der Waals surface area contributed by atoms with Crippen LogP contribution in [0.4, 0.5) is 0 Å². The van der Waals surface area contributed by atoms with Crippen LogP contribution in [-0.2, 0) is 6.61 Å². The van der Waals surface area contributed by atoms with E-state index < -0.39 is 5.54 Å². The van der Waals surface area contributed by atoms with E-state index in [2.05, 4.69) is 11.4 Å². The van der Waals surface area contributed by atoms with E-state index in [1.54, 1.807) is 0 Å². The van der Waals surface area contributed by atoms with Crippen molar-refractivity contribution in [3.05, 3.63) is 29.8 Å². The second kappa shape index (κ2) is 6.25. The van der Waals surface area contributed by atoms with Crippen LogP contribution in [0.2, 0.25) is 0 Å². The van der Waals surface area contributed by atoms with Gasteiger partial charge in [-0.3, -0.25) is 5.32 Å². The molecule has 1 aliphatic carbocycles. The van der Waals surface area contributed by atoms with Gasteiger partial charge >= 0.3 is 0 Å². The highest BCUT2D eigenvalue weighted by Gasteiger charge is 2.41. The summed E-state index contributed by atoms with van der Waals surface area (Å²) in [5.74, 6) is 0.721. The number of aliphatic hydroxyl groups is 1. The number of ether oxygens (including phenoxy) is 1. The van der Waals surface area contributed by atoms with Gasteiger partial charge < -0.3 is 9.84 Å². The summed E-state index contributed by atoms with van der Waals surface area (Å²) in [6.45, 7) is 4.07. The van der Waals surface area contributed by atoms with Crippen LogP contribution in [0.5, 0.6) is 5.75 Å². The minimum atomic E-state index is -0.479. The van der Waals surface area contributed by atoms with Crippen LogP contribution in [0.1, 0.15) is 38.7 Å². The molecule has 1 aromatic rings. The van der Waals surface area contributed by atoms with Gasteiger partial charge in [0.15, 0.2) is 0 Å². The molecule has 2 N–H and O–H groups in total. The maximum absolute atomic E-state index is 9.44. The molecule has 1 fully saturated rings. The predicted octanol–water partition coefficient (Wildman–Crippen LogP) is 2.37. The lowest BCUT2D eigenvalue weighted by Gasteiger charge is -2.25. The maximum atomic E-state index is 9.44. The zero-order valence-electron chi connectivity index (χ0n) is 12.1. The fraction of sp³-hybridized carbons (Fsp3) is 0.562. The molecule has 0 saturated heterocycles. The highest BCUT2D eigenvalue weighted by Crippen LogP contribution is 2.33. The largest absolute Gasteiger partial charge is 0.490 e. The Balaban J connectivity index is 2.04. The van der Waals surface area contributed by atoms with Crippen molar-refractivity contribution in [3.8, 4) is 11.8 Å². The van der Waals surface area contributed by atoms with Crippen molar-refractivity contribution in [2.75, 3.05) is 0 Å². The first-order valence-electron chi connectivity index (χ1n) is 7.13. The molecule has 0 spiro atoms. The van der Waals surface area contributed by atoms with Gasteiger partial charge in [-0.2, -0.15) is 5.26 Å². The van der Waals surface area contributed by atoms with E-state index in [1.165, 1.54) is 0 Å². The van der Waals surface area contributed by atoms with Gasteiger partial charge in [0.25, 0.3) is 0 Å². The lowest BCUT2D eigenvalue weighted by Crippen LogP contribution is -2.46. The SMILES string of the molecule is CC(C)NC1(C#N)CCC(Oc2ccccc2CO)C1. The zero-order chi connectivity index (χ0) is 14.6. The third kappa shape index (κ3) is 3.30. The highest BCUT2D eigenvalue weighted by atomic mass is 16.5. The summed E-state index contributed by atoms with van der Waals surface area (Å²) in [4.78, 5) is 0. The molecule has 2 atom stereocenters. The van der Waals surface area contributed by atoms with Crippen LogP contribution in [0, 0.1) is 11.3 Å². The molecule has 0 radical (unpaired) electrons. The Hall–Kier alpha value is -1.57. The van der Waals surface area contributed by atoms with E-state index in [1.807, 2.05) is 38.1 Å². The van der Waals surface area contributed by atoms with E-state index in [0.717, 1.165) is 24.2 Å². The van der Waals surface area contributed by atoms with Crippen molar-refractivity contribution in [1.82, 2.24) is 5.32 Å². The summed E-state index contributed by atoms with van der Waals surface area (Å²) in [7, 11) is 0. The van der Waals surface area contributed by atoms with E-state index in [-0.39, 0.29) is 18.8 Å². The average Bonchev–Trinajstić information content (AvgIpc) is 2.82. The fourth-order valence-electron chi connectivity index (χ4n) is 2.85. The summed E-state index contributed by atoms with van der Waals surface area (Å²) in [5, 5.41) is 22.1. The number of hydrogen-bond donors (Lipinski definition) is 2. The van der Waals surface area contributed by atoms with Gasteiger partial charge in [-0.15, -0.1) is 0 Å². The summed E-state index contributed by atoms with van der Waals surface area (Å²) in [5.41, 5.74) is 0.311. The third-order valence-corrected chi connectivity index (χ3v) is 3.68. The molecule has 2 unspecified atom stereocenters. The van der Waals surface area contributed by atoms with Crippen molar-refractivity contribution >= 4 is 0 Å². The third-order valence-electron chi connectivity index (χ3n) is 3.68. The van der Waals surface area contributed by atoms with E-state index in [0.29, 0.717) is 6.42 Å². The zero-order valence-corrected chi connectivity index (χ0v) is 12.1. The normalized spacial score (nSPS) is 25.6. The Morgan fingerprint density at radius 1 is 1.50 bits per heavy atom. The molecule has 1 aromatic carbocycles. The Morgan fingerprint density at radius 2 is 2.25 bits per heavy atom. The molecule has 2 rings (SSSR count). The number of para-hydroxylation sites is 1. The molecule has 0 bridgehead atoms. The lowest BCUT2D eigenvalue weighted by atomic mass is 9.98. The molecule has 1 saturated carbocycles. The average molecular weight is 274 g/mol. The second-order valence-corrected chi connectivity index (χ2v) is 5.74. The van der Waals surface area contributed by atoms with Crippen molar-refractivity contribution in [3.63, 3.8) is 0 Å². The Bertz CT molecular complexity index is 495. The van der Waals surface area contributed by atoms with Crippen molar-refractivity contribution < 1.29 is 9.84 Å². The van der Waals surface area contributed by atoms with Gasteiger partial charge in [0.2, 0.25) is 0 Å². The van der Waals surface area contributed by atoms with Gasteiger partial charge in [0, 0.05) is 18.0 Å². The lowest BCUT2D eigenvalue weighted by molar-refractivity contribution is 0.190. The summed E-state index contributed by atoms with van der Waals surface area (Å²) < 4.78 is 5.98. The highest BCUT2D eigenvalue weighted by molar-refractivity contribution is 5.33. The topological polar surface area (TPSA) is 65.3 Å². The number of aliphatic hydroxyl groups excluding tert-OH is 1. The number of nitrogens with zero attached hydrogens (tertiary/aromatic N) is 1. The van der Waals surface area contributed by atoms with Crippen molar-refractivity contribution in [2.24, 2.45) is 0 Å². The number of hydrogen-bond acceptors (Lipinski definition) is 4. The van der Waals surface area contributed by atoms with Gasteiger partial charge in [-0.1, -0.05) is 18.2 Å². The van der Waals surface area contributed by atoms with Crippen LogP contribution in [0.25, 0.3) is 0 Å². The first-order valence-corrected chi connectivity index (χ1v) is 7.13. The first kappa shape index (κ1) is 14.8. The number of benzene rings is 1. The predicted molar refractivity (Wildman–Crippen MR) is 77.2 cm³/mol. The minimum absolute atomic E-state index is 0.0219. The molecule has 108 valence electrons. The van der Waals surface area contributed by atoms with E-state index in [4.69, 9.17) is 4.74 Å². The second-order valence-electron chi connectivity index (χ2n) is 5.74. The summed E-state index contributed by atoms with van der Waals surface area (Å²) >= 11 is 0. The monoisotopic (exact) mass is 274 g/mol.